The lowest BCUT2D eigenvalue weighted by Crippen LogP contribution is -2.18. The van der Waals surface area contributed by atoms with Crippen molar-refractivity contribution in [2.24, 2.45) is 0 Å². The fraction of sp³-hybridized carbons (Fsp3) is 0.267. The van der Waals surface area contributed by atoms with Crippen LogP contribution in [-0.4, -0.2) is 11.6 Å². The molecule has 18 heavy (non-hydrogen) atoms. The molecule has 92 valence electrons. The maximum absolute atomic E-state index is 5.96. The van der Waals surface area contributed by atoms with E-state index in [1.54, 1.807) is 6.20 Å². The highest BCUT2D eigenvalue weighted by Gasteiger charge is 2.21. The highest BCUT2D eigenvalue weighted by molar-refractivity contribution is 5.45. The van der Waals surface area contributed by atoms with Gasteiger partial charge in [0.2, 0.25) is 0 Å². The van der Waals surface area contributed by atoms with Crippen molar-refractivity contribution in [3.05, 3.63) is 59.4 Å². The minimum Gasteiger partial charge on any atom is -0.398 e. The first kappa shape index (κ1) is 11.2. The van der Waals surface area contributed by atoms with Crippen molar-refractivity contribution in [1.82, 2.24) is 4.98 Å². The Morgan fingerprint density at radius 1 is 1.28 bits per heavy atom. The van der Waals surface area contributed by atoms with E-state index in [-0.39, 0.29) is 6.10 Å². The summed E-state index contributed by atoms with van der Waals surface area (Å²) in [6.07, 6.45) is 5.43. The quantitative estimate of drug-likeness (QED) is 0.877. The van der Waals surface area contributed by atoms with E-state index in [4.69, 9.17) is 10.5 Å². The summed E-state index contributed by atoms with van der Waals surface area (Å²) in [6, 6.07) is 10.3. The summed E-state index contributed by atoms with van der Waals surface area (Å²) in [7, 11) is 0. The summed E-state index contributed by atoms with van der Waals surface area (Å²) in [5.41, 5.74) is 10.5. The second-order valence-electron chi connectivity index (χ2n) is 4.59. The summed E-state index contributed by atoms with van der Waals surface area (Å²) in [6.45, 7) is 0.780. The third kappa shape index (κ3) is 2.09. The molecular formula is C15H16N2O. The number of nitrogens with two attached hydrogens (primary N) is 1. The normalized spacial score (nSPS) is 18.3. The summed E-state index contributed by atoms with van der Waals surface area (Å²) in [5, 5.41) is 0. The number of nitrogens with zero attached hydrogens (tertiary/aromatic N) is 1. The number of aromatic nitrogens is 1. The van der Waals surface area contributed by atoms with Gasteiger partial charge in [-0.3, -0.25) is 4.98 Å². The van der Waals surface area contributed by atoms with Gasteiger partial charge in [-0.15, -0.1) is 0 Å². The van der Waals surface area contributed by atoms with Crippen LogP contribution in [0.1, 0.15) is 22.8 Å². The number of rotatable bonds is 2. The Morgan fingerprint density at radius 2 is 2.17 bits per heavy atom. The lowest BCUT2D eigenvalue weighted by molar-refractivity contribution is 0.0428. The number of ether oxygens (including phenoxy) is 1. The van der Waals surface area contributed by atoms with Crippen molar-refractivity contribution in [2.75, 3.05) is 12.3 Å². The van der Waals surface area contributed by atoms with Crippen LogP contribution in [0.25, 0.3) is 0 Å². The van der Waals surface area contributed by atoms with Gasteiger partial charge in [0.15, 0.2) is 0 Å². The first-order chi connectivity index (χ1) is 8.84. The van der Waals surface area contributed by atoms with Crippen molar-refractivity contribution in [1.29, 1.82) is 0 Å². The van der Waals surface area contributed by atoms with Crippen LogP contribution in [0.5, 0.6) is 0 Å². The number of hydrogen-bond donors (Lipinski definition) is 1. The smallest absolute Gasteiger partial charge is 0.0869 e. The lowest BCUT2D eigenvalue weighted by atomic mass is 9.93. The molecule has 0 fully saturated rings. The highest BCUT2D eigenvalue weighted by Crippen LogP contribution is 2.30. The molecule has 0 aliphatic carbocycles. The summed E-state index contributed by atoms with van der Waals surface area (Å²) in [5.74, 6) is 0. The molecule has 1 atom stereocenters. The Morgan fingerprint density at radius 3 is 3.06 bits per heavy atom. The number of hydrogen-bond acceptors (Lipinski definition) is 3. The molecule has 2 heterocycles. The van der Waals surface area contributed by atoms with Gasteiger partial charge in [0.25, 0.3) is 0 Å². The third-order valence-electron chi connectivity index (χ3n) is 3.44. The molecule has 2 N–H and O–H groups in total. The maximum atomic E-state index is 5.96. The van der Waals surface area contributed by atoms with E-state index >= 15 is 0 Å². The van der Waals surface area contributed by atoms with E-state index in [2.05, 4.69) is 29.2 Å². The van der Waals surface area contributed by atoms with Crippen LogP contribution < -0.4 is 5.73 Å². The predicted octanol–water partition coefficient (Wildman–Crippen LogP) is 2.52. The number of pyridine rings is 1. The van der Waals surface area contributed by atoms with Crippen molar-refractivity contribution in [2.45, 2.75) is 18.9 Å². The molecule has 1 aromatic carbocycles. The minimum atomic E-state index is 0.0986. The Kier molecular flexibility index (Phi) is 2.99. The van der Waals surface area contributed by atoms with Gasteiger partial charge in [0.05, 0.1) is 12.7 Å². The molecule has 0 saturated carbocycles. The van der Waals surface area contributed by atoms with Crippen LogP contribution in [0.2, 0.25) is 0 Å². The Labute approximate surface area is 107 Å². The summed E-state index contributed by atoms with van der Waals surface area (Å²) >= 11 is 0. The van der Waals surface area contributed by atoms with Gasteiger partial charge in [0, 0.05) is 24.5 Å². The largest absolute Gasteiger partial charge is 0.398 e. The van der Waals surface area contributed by atoms with Crippen molar-refractivity contribution in [3.63, 3.8) is 0 Å². The molecule has 1 aliphatic rings. The van der Waals surface area contributed by atoms with Gasteiger partial charge in [0.1, 0.15) is 0 Å². The summed E-state index contributed by atoms with van der Waals surface area (Å²) in [4.78, 5) is 4.13. The number of anilines is 1. The van der Waals surface area contributed by atoms with E-state index in [0.717, 1.165) is 30.7 Å². The zero-order valence-electron chi connectivity index (χ0n) is 10.2. The molecule has 3 heteroatoms. The van der Waals surface area contributed by atoms with Crippen molar-refractivity contribution < 1.29 is 4.74 Å². The van der Waals surface area contributed by atoms with Gasteiger partial charge >= 0.3 is 0 Å². The van der Waals surface area contributed by atoms with E-state index in [1.165, 1.54) is 11.1 Å². The monoisotopic (exact) mass is 240 g/mol. The van der Waals surface area contributed by atoms with Crippen LogP contribution in [0.15, 0.2) is 42.7 Å². The molecule has 3 rings (SSSR count). The van der Waals surface area contributed by atoms with Gasteiger partial charge in [-0.1, -0.05) is 24.3 Å². The molecule has 0 bridgehead atoms. The molecule has 0 saturated heterocycles. The molecule has 2 aromatic rings. The molecule has 3 nitrogen and oxygen atoms in total. The first-order valence-electron chi connectivity index (χ1n) is 6.22. The number of fused-ring (bicyclic) bond motifs is 1. The molecule has 1 aromatic heterocycles. The molecule has 0 amide bonds. The second kappa shape index (κ2) is 4.78. The topological polar surface area (TPSA) is 48.1 Å². The van der Waals surface area contributed by atoms with Gasteiger partial charge < -0.3 is 10.5 Å². The van der Waals surface area contributed by atoms with Crippen LogP contribution in [0.4, 0.5) is 5.69 Å². The minimum absolute atomic E-state index is 0.0986. The van der Waals surface area contributed by atoms with Crippen LogP contribution >= 0.6 is 0 Å². The Hall–Kier alpha value is -1.87. The van der Waals surface area contributed by atoms with E-state index in [1.807, 2.05) is 12.3 Å². The average molecular weight is 240 g/mol. The molecular weight excluding hydrogens is 224 g/mol. The Bertz CT molecular complexity index is 554. The highest BCUT2D eigenvalue weighted by atomic mass is 16.5. The van der Waals surface area contributed by atoms with Crippen molar-refractivity contribution in [3.8, 4) is 0 Å². The molecule has 0 radical (unpaired) electrons. The first-order valence-corrected chi connectivity index (χ1v) is 6.22. The lowest BCUT2D eigenvalue weighted by Gasteiger charge is -2.26. The van der Waals surface area contributed by atoms with E-state index < -0.39 is 0 Å². The van der Waals surface area contributed by atoms with E-state index in [0.29, 0.717) is 0 Å². The van der Waals surface area contributed by atoms with Gasteiger partial charge in [-0.2, -0.15) is 0 Å². The fourth-order valence-electron chi connectivity index (χ4n) is 2.45. The van der Waals surface area contributed by atoms with Crippen LogP contribution in [-0.2, 0) is 17.6 Å². The predicted molar refractivity (Wildman–Crippen MR) is 71.2 cm³/mol. The van der Waals surface area contributed by atoms with Gasteiger partial charge in [-0.25, -0.2) is 0 Å². The molecule has 1 unspecified atom stereocenters. The SMILES string of the molecule is Nc1ccncc1CC1OCCc2ccccc21. The van der Waals surface area contributed by atoms with Crippen molar-refractivity contribution >= 4 is 5.69 Å². The van der Waals surface area contributed by atoms with Crippen LogP contribution in [0.3, 0.4) is 0 Å². The third-order valence-corrected chi connectivity index (χ3v) is 3.44. The van der Waals surface area contributed by atoms with E-state index in [9.17, 15) is 0 Å². The zero-order chi connectivity index (χ0) is 12.4. The molecule has 1 aliphatic heterocycles. The number of nitrogen functional groups attached to an aromatic ring is 1. The Balaban J connectivity index is 1.89. The van der Waals surface area contributed by atoms with Gasteiger partial charge in [-0.05, 0) is 29.2 Å². The summed E-state index contributed by atoms with van der Waals surface area (Å²) < 4.78 is 5.88. The average Bonchev–Trinajstić information content (AvgIpc) is 2.42. The zero-order valence-corrected chi connectivity index (χ0v) is 10.2. The molecule has 0 spiro atoms. The second-order valence-corrected chi connectivity index (χ2v) is 4.59. The fourth-order valence-corrected chi connectivity index (χ4v) is 2.45. The van der Waals surface area contributed by atoms with Crippen LogP contribution in [0, 0.1) is 0 Å². The number of benzene rings is 1. The standard InChI is InChI=1S/C15H16N2O/c16-14-5-7-17-10-12(14)9-15-13-4-2-1-3-11(13)6-8-18-15/h1-5,7,10,15H,6,8-9H2,(H2,16,17). The maximum Gasteiger partial charge on any atom is 0.0869 e.